The average molecular weight is 451 g/mol. The number of fused-ring (bicyclic) bond motifs is 3. The number of rotatable bonds is 6. The van der Waals surface area contributed by atoms with Crippen molar-refractivity contribution < 1.29 is 13.6 Å². The quantitative estimate of drug-likeness (QED) is 0.182. The Balaban J connectivity index is 1.35. The lowest BCUT2D eigenvalue weighted by Crippen LogP contribution is -2.00. The van der Waals surface area contributed by atoms with Crippen LogP contribution in [0, 0.1) is 0 Å². The van der Waals surface area contributed by atoms with Gasteiger partial charge < -0.3 is 13.6 Å². The summed E-state index contributed by atoms with van der Waals surface area (Å²) in [5.74, 6) is 1.50. The standard InChI is InChI=1S/C23H15ClN2O4S/c24-16-6-8-17(9-7-16)28-12-20-25-26-23(30-20)31-13-15-11-21(27)29-19-10-5-14-3-1-2-4-18(14)22(15)19/h1-11H,12-13H2. The molecular weight excluding hydrogens is 436 g/mol. The summed E-state index contributed by atoms with van der Waals surface area (Å²) in [6, 6.07) is 20.3. The summed E-state index contributed by atoms with van der Waals surface area (Å²) in [5.41, 5.74) is 1.02. The molecule has 0 saturated carbocycles. The normalized spacial score (nSPS) is 11.3. The Morgan fingerprint density at radius 3 is 2.68 bits per heavy atom. The van der Waals surface area contributed by atoms with Gasteiger partial charge in [-0.2, -0.15) is 0 Å². The molecule has 31 heavy (non-hydrogen) atoms. The summed E-state index contributed by atoms with van der Waals surface area (Å²) < 4.78 is 16.7. The van der Waals surface area contributed by atoms with E-state index < -0.39 is 0 Å². The molecule has 154 valence electrons. The van der Waals surface area contributed by atoms with Gasteiger partial charge in [0, 0.05) is 22.2 Å². The first kappa shape index (κ1) is 19.7. The number of hydrogen-bond donors (Lipinski definition) is 0. The van der Waals surface area contributed by atoms with E-state index in [1.165, 1.54) is 17.8 Å². The van der Waals surface area contributed by atoms with Gasteiger partial charge in [0.05, 0.1) is 0 Å². The zero-order chi connectivity index (χ0) is 21.2. The molecule has 0 fully saturated rings. The van der Waals surface area contributed by atoms with E-state index in [1.54, 1.807) is 24.3 Å². The van der Waals surface area contributed by atoms with Crippen LogP contribution in [0.25, 0.3) is 21.7 Å². The summed E-state index contributed by atoms with van der Waals surface area (Å²) in [6.45, 7) is 0.150. The van der Waals surface area contributed by atoms with Crippen LogP contribution >= 0.6 is 23.4 Å². The van der Waals surface area contributed by atoms with Crippen molar-refractivity contribution in [3.8, 4) is 5.75 Å². The second-order valence-corrected chi connectivity index (χ2v) is 8.11. The highest BCUT2D eigenvalue weighted by molar-refractivity contribution is 7.98. The first-order chi connectivity index (χ1) is 15.2. The molecule has 0 bridgehead atoms. The molecule has 2 heterocycles. The fourth-order valence-corrected chi connectivity index (χ4v) is 4.19. The first-order valence-electron chi connectivity index (χ1n) is 9.44. The molecule has 0 spiro atoms. The molecule has 0 amide bonds. The Morgan fingerprint density at radius 2 is 1.81 bits per heavy atom. The van der Waals surface area contributed by atoms with E-state index in [0.717, 1.165) is 21.7 Å². The maximum absolute atomic E-state index is 12.0. The molecule has 0 atom stereocenters. The van der Waals surface area contributed by atoms with E-state index in [9.17, 15) is 4.79 Å². The highest BCUT2D eigenvalue weighted by Crippen LogP contribution is 2.31. The fraction of sp³-hybridized carbons (Fsp3) is 0.0870. The van der Waals surface area contributed by atoms with Crippen molar-refractivity contribution in [3.63, 3.8) is 0 Å². The second kappa shape index (κ2) is 8.45. The minimum absolute atomic E-state index is 0.150. The number of halogens is 1. The maximum atomic E-state index is 12.0. The van der Waals surface area contributed by atoms with Crippen molar-refractivity contribution in [1.82, 2.24) is 10.2 Å². The number of aromatic nitrogens is 2. The molecule has 0 aliphatic heterocycles. The van der Waals surface area contributed by atoms with E-state index in [4.69, 9.17) is 25.2 Å². The van der Waals surface area contributed by atoms with Crippen molar-refractivity contribution in [3.05, 3.63) is 93.6 Å². The minimum Gasteiger partial charge on any atom is -0.484 e. The summed E-state index contributed by atoms with van der Waals surface area (Å²) in [6.07, 6.45) is 0. The smallest absolute Gasteiger partial charge is 0.336 e. The molecule has 3 aromatic carbocycles. The van der Waals surface area contributed by atoms with Crippen molar-refractivity contribution in [2.45, 2.75) is 17.6 Å². The van der Waals surface area contributed by atoms with E-state index in [2.05, 4.69) is 10.2 Å². The minimum atomic E-state index is -0.388. The predicted octanol–water partition coefficient (Wildman–Crippen LogP) is 5.85. The highest BCUT2D eigenvalue weighted by atomic mass is 35.5. The molecule has 6 nitrogen and oxygen atoms in total. The molecule has 0 N–H and O–H groups in total. The monoisotopic (exact) mass is 450 g/mol. The van der Waals surface area contributed by atoms with Crippen molar-refractivity contribution in [1.29, 1.82) is 0 Å². The SMILES string of the molecule is O=c1cc(CSc2nnc(COc3ccc(Cl)cc3)o2)c2c(ccc3ccccc32)o1. The van der Waals surface area contributed by atoms with Gasteiger partial charge in [0.1, 0.15) is 11.3 Å². The van der Waals surface area contributed by atoms with Gasteiger partial charge in [-0.3, -0.25) is 0 Å². The van der Waals surface area contributed by atoms with Crippen LogP contribution < -0.4 is 10.4 Å². The van der Waals surface area contributed by atoms with Crippen molar-refractivity contribution in [2.24, 2.45) is 0 Å². The van der Waals surface area contributed by atoms with Gasteiger partial charge in [0.15, 0.2) is 6.61 Å². The lowest BCUT2D eigenvalue weighted by atomic mass is 10.0. The van der Waals surface area contributed by atoms with Crippen LogP contribution in [-0.2, 0) is 12.4 Å². The van der Waals surface area contributed by atoms with Crippen molar-refractivity contribution in [2.75, 3.05) is 0 Å². The second-order valence-electron chi connectivity index (χ2n) is 6.74. The highest BCUT2D eigenvalue weighted by Gasteiger charge is 2.13. The van der Waals surface area contributed by atoms with Crippen LogP contribution in [0.3, 0.4) is 0 Å². The fourth-order valence-electron chi connectivity index (χ4n) is 3.30. The predicted molar refractivity (Wildman–Crippen MR) is 120 cm³/mol. The molecule has 0 radical (unpaired) electrons. The van der Waals surface area contributed by atoms with Gasteiger partial charge in [0.25, 0.3) is 11.1 Å². The molecule has 0 saturated heterocycles. The van der Waals surface area contributed by atoms with Crippen LogP contribution in [0.4, 0.5) is 0 Å². The van der Waals surface area contributed by atoms with Crippen LogP contribution in [0.15, 0.2) is 85.6 Å². The third-order valence-corrected chi connectivity index (χ3v) is 5.81. The lowest BCUT2D eigenvalue weighted by molar-refractivity contribution is 0.252. The van der Waals surface area contributed by atoms with E-state index >= 15 is 0 Å². The molecule has 5 aromatic rings. The Bertz CT molecular complexity index is 1430. The lowest BCUT2D eigenvalue weighted by Gasteiger charge is -2.07. The van der Waals surface area contributed by atoms with Crippen molar-refractivity contribution >= 4 is 45.1 Å². The molecule has 0 unspecified atom stereocenters. The number of benzene rings is 3. The van der Waals surface area contributed by atoms with Gasteiger partial charge in [0.2, 0.25) is 0 Å². The van der Waals surface area contributed by atoms with Gasteiger partial charge in [-0.15, -0.1) is 10.2 Å². The van der Waals surface area contributed by atoms with Crippen LogP contribution in [0.2, 0.25) is 5.02 Å². The Kier molecular flexibility index (Phi) is 5.36. The zero-order valence-electron chi connectivity index (χ0n) is 16.1. The topological polar surface area (TPSA) is 78.4 Å². The Labute approximate surface area is 185 Å². The van der Waals surface area contributed by atoms with Gasteiger partial charge >= 0.3 is 5.63 Å². The number of thioether (sulfide) groups is 1. The zero-order valence-corrected chi connectivity index (χ0v) is 17.7. The third-order valence-electron chi connectivity index (χ3n) is 4.69. The summed E-state index contributed by atoms with van der Waals surface area (Å²) in [7, 11) is 0. The van der Waals surface area contributed by atoms with E-state index in [1.807, 2.05) is 36.4 Å². The Hall–Kier alpha value is -3.29. The Morgan fingerprint density at radius 1 is 0.968 bits per heavy atom. The number of ether oxygens (including phenoxy) is 1. The molecule has 8 heteroatoms. The third kappa shape index (κ3) is 4.28. The molecule has 0 aliphatic carbocycles. The molecule has 2 aromatic heterocycles. The summed E-state index contributed by atoms with van der Waals surface area (Å²) >= 11 is 7.23. The molecule has 5 rings (SSSR count). The molecule has 0 aliphatic rings. The van der Waals surface area contributed by atoms with Crippen LogP contribution in [-0.4, -0.2) is 10.2 Å². The largest absolute Gasteiger partial charge is 0.484 e. The van der Waals surface area contributed by atoms with Crippen LogP contribution in [0.1, 0.15) is 11.5 Å². The van der Waals surface area contributed by atoms with Crippen LogP contribution in [0.5, 0.6) is 5.75 Å². The number of nitrogens with zero attached hydrogens (tertiary/aromatic N) is 2. The van der Waals surface area contributed by atoms with Gasteiger partial charge in [-0.25, -0.2) is 4.79 Å². The van der Waals surface area contributed by atoms with E-state index in [0.29, 0.717) is 33.2 Å². The average Bonchev–Trinajstić information content (AvgIpc) is 3.24. The maximum Gasteiger partial charge on any atom is 0.336 e. The summed E-state index contributed by atoms with van der Waals surface area (Å²) in [5, 5.41) is 12.1. The summed E-state index contributed by atoms with van der Waals surface area (Å²) in [4.78, 5) is 12.0. The van der Waals surface area contributed by atoms with Gasteiger partial charge in [-0.05, 0) is 46.7 Å². The van der Waals surface area contributed by atoms with E-state index in [-0.39, 0.29) is 12.2 Å². The molecular formula is C23H15ClN2O4S. The van der Waals surface area contributed by atoms with Gasteiger partial charge in [-0.1, -0.05) is 53.7 Å². The first-order valence-corrected chi connectivity index (χ1v) is 10.8. The number of hydrogen-bond acceptors (Lipinski definition) is 7.